The topological polar surface area (TPSA) is 52.4 Å². The summed E-state index contributed by atoms with van der Waals surface area (Å²) in [5.41, 5.74) is 3.11. The van der Waals surface area contributed by atoms with E-state index in [1.165, 1.54) is 11.3 Å². The van der Waals surface area contributed by atoms with Crippen LogP contribution in [0.25, 0.3) is 0 Å². The molecular weight excluding hydrogens is 288 g/mol. The van der Waals surface area contributed by atoms with E-state index in [9.17, 15) is 0 Å². The van der Waals surface area contributed by atoms with Crippen molar-refractivity contribution in [3.8, 4) is 6.07 Å². The molecule has 118 valence electrons. The Morgan fingerprint density at radius 2 is 2.00 bits per heavy atom. The third-order valence-electron chi connectivity index (χ3n) is 4.02. The molecule has 1 aromatic heterocycles. The lowest BCUT2D eigenvalue weighted by Gasteiger charge is -2.31. The quantitative estimate of drug-likeness (QED) is 0.868. The summed E-state index contributed by atoms with van der Waals surface area (Å²) < 4.78 is 5.44. The van der Waals surface area contributed by atoms with Crippen molar-refractivity contribution < 1.29 is 4.74 Å². The van der Waals surface area contributed by atoms with Crippen LogP contribution in [-0.2, 0) is 11.3 Å². The van der Waals surface area contributed by atoms with E-state index in [1.54, 1.807) is 12.3 Å². The average molecular weight is 308 g/mol. The van der Waals surface area contributed by atoms with Crippen molar-refractivity contribution >= 4 is 11.5 Å². The summed E-state index contributed by atoms with van der Waals surface area (Å²) in [4.78, 5) is 8.83. The lowest BCUT2D eigenvalue weighted by atomic mass is 10.1. The van der Waals surface area contributed by atoms with E-state index in [2.05, 4.69) is 45.1 Å². The normalized spacial score (nSPS) is 14.3. The Bertz CT molecular complexity index is 687. The zero-order valence-electron chi connectivity index (χ0n) is 13.3. The zero-order chi connectivity index (χ0) is 16.1. The Kier molecular flexibility index (Phi) is 4.74. The molecular formula is C18H20N4O. The van der Waals surface area contributed by atoms with Gasteiger partial charge in [0.15, 0.2) is 0 Å². The molecule has 0 N–H and O–H groups in total. The van der Waals surface area contributed by atoms with Crippen LogP contribution < -0.4 is 9.80 Å². The monoisotopic (exact) mass is 308 g/mol. The molecule has 0 bridgehead atoms. The molecule has 1 aliphatic rings. The van der Waals surface area contributed by atoms with Gasteiger partial charge in [-0.25, -0.2) is 4.98 Å². The van der Waals surface area contributed by atoms with Crippen molar-refractivity contribution in [3.63, 3.8) is 0 Å². The molecule has 23 heavy (non-hydrogen) atoms. The Morgan fingerprint density at radius 1 is 1.22 bits per heavy atom. The van der Waals surface area contributed by atoms with Gasteiger partial charge in [-0.3, -0.25) is 0 Å². The van der Waals surface area contributed by atoms with Crippen LogP contribution in [0.5, 0.6) is 0 Å². The number of morpholine rings is 1. The summed E-state index contributed by atoms with van der Waals surface area (Å²) in [6.07, 6.45) is 1.61. The van der Waals surface area contributed by atoms with Gasteiger partial charge in [-0.15, -0.1) is 0 Å². The number of aromatic nitrogens is 1. The maximum atomic E-state index is 8.86. The van der Waals surface area contributed by atoms with Gasteiger partial charge in [-0.1, -0.05) is 18.2 Å². The van der Waals surface area contributed by atoms with Crippen LogP contribution >= 0.6 is 0 Å². The number of nitriles is 1. The number of rotatable bonds is 4. The van der Waals surface area contributed by atoms with Gasteiger partial charge in [0.25, 0.3) is 0 Å². The predicted octanol–water partition coefficient (Wildman–Crippen LogP) is 2.43. The molecule has 1 aliphatic heterocycles. The third kappa shape index (κ3) is 3.61. The average Bonchev–Trinajstić information content (AvgIpc) is 2.63. The first-order chi connectivity index (χ1) is 11.3. The van der Waals surface area contributed by atoms with Gasteiger partial charge in [-0.05, 0) is 23.8 Å². The van der Waals surface area contributed by atoms with Gasteiger partial charge in [-0.2, -0.15) is 5.26 Å². The molecule has 5 nitrogen and oxygen atoms in total. The largest absolute Gasteiger partial charge is 0.378 e. The van der Waals surface area contributed by atoms with E-state index in [1.807, 2.05) is 13.1 Å². The molecule has 2 aromatic rings. The Balaban J connectivity index is 1.77. The molecule has 1 saturated heterocycles. The van der Waals surface area contributed by atoms with Crippen LogP contribution in [0.3, 0.4) is 0 Å². The Morgan fingerprint density at radius 3 is 2.70 bits per heavy atom. The van der Waals surface area contributed by atoms with Crippen molar-refractivity contribution in [2.24, 2.45) is 0 Å². The zero-order valence-corrected chi connectivity index (χ0v) is 13.3. The van der Waals surface area contributed by atoms with Gasteiger partial charge in [0.1, 0.15) is 11.9 Å². The van der Waals surface area contributed by atoms with E-state index in [0.717, 1.165) is 38.7 Å². The van der Waals surface area contributed by atoms with Crippen molar-refractivity contribution in [3.05, 3.63) is 53.7 Å². The van der Waals surface area contributed by atoms with Crippen LogP contribution in [0.2, 0.25) is 0 Å². The fraction of sp³-hybridized carbons (Fsp3) is 0.333. The van der Waals surface area contributed by atoms with Crippen LogP contribution in [0.15, 0.2) is 42.6 Å². The molecule has 0 amide bonds. The fourth-order valence-electron chi connectivity index (χ4n) is 2.77. The molecule has 2 heterocycles. The second-order valence-electron chi connectivity index (χ2n) is 5.60. The van der Waals surface area contributed by atoms with Crippen LogP contribution in [-0.4, -0.2) is 38.3 Å². The van der Waals surface area contributed by atoms with E-state index in [4.69, 9.17) is 10.00 Å². The molecule has 0 aliphatic carbocycles. The van der Waals surface area contributed by atoms with E-state index in [0.29, 0.717) is 5.56 Å². The highest BCUT2D eigenvalue weighted by Gasteiger charge is 2.15. The standard InChI is InChI=1S/C18H20N4O/c1-21(18-7-6-15(12-19)13-20-18)14-16-4-2-3-5-17(16)22-8-10-23-11-9-22/h2-7,13H,8-11,14H2,1H3. The molecule has 0 unspecified atom stereocenters. The minimum atomic E-state index is 0.580. The lowest BCUT2D eigenvalue weighted by molar-refractivity contribution is 0.122. The van der Waals surface area contributed by atoms with Gasteiger partial charge >= 0.3 is 0 Å². The summed E-state index contributed by atoms with van der Waals surface area (Å²) >= 11 is 0. The second-order valence-corrected chi connectivity index (χ2v) is 5.60. The third-order valence-corrected chi connectivity index (χ3v) is 4.02. The van der Waals surface area contributed by atoms with E-state index in [-0.39, 0.29) is 0 Å². The number of nitrogens with zero attached hydrogens (tertiary/aromatic N) is 4. The highest BCUT2D eigenvalue weighted by atomic mass is 16.5. The Labute approximate surface area is 136 Å². The number of hydrogen-bond acceptors (Lipinski definition) is 5. The van der Waals surface area contributed by atoms with Crippen LogP contribution in [0.1, 0.15) is 11.1 Å². The highest BCUT2D eigenvalue weighted by Crippen LogP contribution is 2.24. The first-order valence-corrected chi connectivity index (χ1v) is 7.76. The molecule has 0 atom stereocenters. The minimum Gasteiger partial charge on any atom is -0.378 e. The summed E-state index contributed by atoms with van der Waals surface area (Å²) in [5, 5.41) is 8.86. The summed E-state index contributed by atoms with van der Waals surface area (Å²) in [6.45, 7) is 4.18. The number of ether oxygens (including phenoxy) is 1. The first-order valence-electron chi connectivity index (χ1n) is 7.76. The predicted molar refractivity (Wildman–Crippen MR) is 90.5 cm³/mol. The number of benzene rings is 1. The van der Waals surface area contributed by atoms with Crippen molar-refractivity contribution in [2.75, 3.05) is 43.2 Å². The number of anilines is 2. The van der Waals surface area contributed by atoms with E-state index < -0.39 is 0 Å². The Hall–Kier alpha value is -2.58. The summed E-state index contributed by atoms with van der Waals surface area (Å²) in [5.74, 6) is 0.862. The summed E-state index contributed by atoms with van der Waals surface area (Å²) in [6, 6.07) is 14.3. The highest BCUT2D eigenvalue weighted by molar-refractivity contribution is 5.55. The van der Waals surface area contributed by atoms with E-state index >= 15 is 0 Å². The summed E-state index contributed by atoms with van der Waals surface area (Å²) in [7, 11) is 2.02. The maximum absolute atomic E-state index is 8.86. The molecule has 0 saturated carbocycles. The smallest absolute Gasteiger partial charge is 0.128 e. The SMILES string of the molecule is CN(Cc1ccccc1N1CCOCC1)c1ccc(C#N)cn1. The minimum absolute atomic E-state index is 0.580. The first kappa shape index (κ1) is 15.3. The van der Waals surface area contributed by atoms with Gasteiger partial charge < -0.3 is 14.5 Å². The molecule has 0 spiro atoms. The molecule has 1 aromatic carbocycles. The van der Waals surface area contributed by atoms with Gasteiger partial charge in [0, 0.05) is 38.6 Å². The molecule has 1 fully saturated rings. The van der Waals surface area contributed by atoms with Crippen molar-refractivity contribution in [2.45, 2.75) is 6.54 Å². The molecule has 5 heteroatoms. The fourth-order valence-corrected chi connectivity index (χ4v) is 2.77. The van der Waals surface area contributed by atoms with Crippen LogP contribution in [0, 0.1) is 11.3 Å². The second kappa shape index (κ2) is 7.12. The maximum Gasteiger partial charge on any atom is 0.128 e. The van der Waals surface area contributed by atoms with Crippen molar-refractivity contribution in [1.29, 1.82) is 5.26 Å². The number of hydrogen-bond donors (Lipinski definition) is 0. The molecule has 0 radical (unpaired) electrons. The van der Waals surface area contributed by atoms with Gasteiger partial charge in [0.2, 0.25) is 0 Å². The number of para-hydroxylation sites is 1. The molecule has 3 rings (SSSR count). The lowest BCUT2D eigenvalue weighted by Crippen LogP contribution is -2.37. The van der Waals surface area contributed by atoms with Gasteiger partial charge in [0.05, 0.1) is 18.8 Å². The van der Waals surface area contributed by atoms with Crippen LogP contribution in [0.4, 0.5) is 11.5 Å². The van der Waals surface area contributed by atoms with Crippen molar-refractivity contribution in [1.82, 2.24) is 4.98 Å². The number of pyridine rings is 1.